The summed E-state index contributed by atoms with van der Waals surface area (Å²) in [6, 6.07) is 10.9. The molecule has 2 aromatic carbocycles. The monoisotopic (exact) mass is 491 g/mol. The van der Waals surface area contributed by atoms with Gasteiger partial charge in [-0.25, -0.2) is 4.39 Å². The molecule has 0 amide bonds. The van der Waals surface area contributed by atoms with Crippen LogP contribution in [0.25, 0.3) is 11.1 Å². The van der Waals surface area contributed by atoms with E-state index in [0.717, 1.165) is 18.6 Å². The molecule has 1 aliphatic rings. The normalized spacial score (nSPS) is 15.8. The molecule has 4 nitrogen and oxygen atoms in total. The molecule has 3 rings (SSSR count). The van der Waals surface area contributed by atoms with E-state index >= 15 is 0 Å². The lowest BCUT2D eigenvalue weighted by Crippen LogP contribution is -2.12. The molecule has 0 fully saturated rings. The van der Waals surface area contributed by atoms with Crippen LogP contribution in [-0.2, 0) is 16.0 Å². The lowest BCUT2D eigenvalue weighted by Gasteiger charge is -2.17. The minimum absolute atomic E-state index is 0.210. The number of halogens is 1. The summed E-state index contributed by atoms with van der Waals surface area (Å²) in [6.45, 7) is 8.10. The SMILES string of the molecule is C\C=C(F)/C(=C\C=C\NC1CCc2c(-c3c(C)cc(OC)cc3C)cccc21)CCCC(=O)OCC. The van der Waals surface area contributed by atoms with Gasteiger partial charge in [-0.2, -0.15) is 0 Å². The summed E-state index contributed by atoms with van der Waals surface area (Å²) < 4.78 is 24.7. The van der Waals surface area contributed by atoms with Gasteiger partial charge in [0.1, 0.15) is 11.6 Å². The first-order chi connectivity index (χ1) is 17.4. The van der Waals surface area contributed by atoms with Crippen molar-refractivity contribution in [3.8, 4) is 16.9 Å². The van der Waals surface area contributed by atoms with Crippen molar-refractivity contribution < 1.29 is 18.7 Å². The highest BCUT2D eigenvalue weighted by molar-refractivity contribution is 5.76. The lowest BCUT2D eigenvalue weighted by atomic mass is 9.90. The van der Waals surface area contributed by atoms with Gasteiger partial charge in [-0.15, -0.1) is 0 Å². The van der Waals surface area contributed by atoms with Gasteiger partial charge in [-0.3, -0.25) is 4.79 Å². The van der Waals surface area contributed by atoms with Crippen molar-refractivity contribution in [2.24, 2.45) is 0 Å². The molecule has 0 radical (unpaired) electrons. The minimum Gasteiger partial charge on any atom is -0.497 e. The fraction of sp³-hybridized carbons (Fsp3) is 0.387. The number of nitrogens with one attached hydrogen (secondary N) is 1. The van der Waals surface area contributed by atoms with E-state index < -0.39 is 0 Å². The molecule has 36 heavy (non-hydrogen) atoms. The number of ether oxygens (including phenoxy) is 2. The third-order valence-electron chi connectivity index (χ3n) is 6.67. The second kappa shape index (κ2) is 13.1. The Kier molecular flexibility index (Phi) is 9.92. The third kappa shape index (κ3) is 6.66. The Morgan fingerprint density at radius 2 is 1.94 bits per heavy atom. The van der Waals surface area contributed by atoms with Gasteiger partial charge in [0.15, 0.2) is 0 Å². The molecule has 0 aromatic heterocycles. The van der Waals surface area contributed by atoms with Crippen LogP contribution in [0.3, 0.4) is 0 Å². The fourth-order valence-electron chi connectivity index (χ4n) is 4.99. The Balaban J connectivity index is 1.72. The molecule has 0 aliphatic heterocycles. The Labute approximate surface area is 214 Å². The highest BCUT2D eigenvalue weighted by Crippen LogP contribution is 2.40. The maximum atomic E-state index is 14.3. The summed E-state index contributed by atoms with van der Waals surface area (Å²) in [7, 11) is 1.70. The van der Waals surface area contributed by atoms with Gasteiger partial charge in [0, 0.05) is 6.42 Å². The quantitative estimate of drug-likeness (QED) is 0.260. The van der Waals surface area contributed by atoms with Gasteiger partial charge >= 0.3 is 5.97 Å². The number of aryl methyl sites for hydroxylation is 2. The highest BCUT2D eigenvalue weighted by Gasteiger charge is 2.25. The largest absolute Gasteiger partial charge is 0.497 e. The van der Waals surface area contributed by atoms with Gasteiger partial charge in [-0.1, -0.05) is 30.4 Å². The number of hydrogen-bond donors (Lipinski definition) is 1. The number of esters is 1. The van der Waals surface area contributed by atoms with Crippen LogP contribution in [0.4, 0.5) is 4.39 Å². The molecular formula is C31H38FNO3. The third-order valence-corrected chi connectivity index (χ3v) is 6.67. The van der Waals surface area contributed by atoms with Crippen LogP contribution in [0, 0.1) is 13.8 Å². The Morgan fingerprint density at radius 1 is 1.19 bits per heavy atom. The van der Waals surface area contributed by atoms with Crippen LogP contribution < -0.4 is 10.1 Å². The summed E-state index contributed by atoms with van der Waals surface area (Å²) in [4.78, 5) is 11.6. The molecule has 1 atom stereocenters. The second-order valence-corrected chi connectivity index (χ2v) is 9.11. The standard InChI is InChI=1S/C31H38FNO3/c1-6-28(32)23(11-8-15-30(34)36-7-2)12-10-18-33-29-17-16-25-26(29)13-9-14-27(25)31-21(3)19-24(35-5)20-22(31)4/h6,9-10,12-14,18-20,29,33H,7-8,11,15-17H2,1-5H3/b18-10+,23-12-,28-6+. The van der Waals surface area contributed by atoms with Crippen LogP contribution in [0.2, 0.25) is 0 Å². The molecule has 1 unspecified atom stereocenters. The average molecular weight is 492 g/mol. The van der Waals surface area contributed by atoms with Crippen LogP contribution in [-0.4, -0.2) is 19.7 Å². The van der Waals surface area contributed by atoms with Crippen molar-refractivity contribution >= 4 is 5.97 Å². The molecule has 5 heteroatoms. The Hall–Kier alpha value is -3.34. The number of rotatable bonds is 11. The van der Waals surface area contributed by atoms with E-state index in [0.29, 0.717) is 31.4 Å². The van der Waals surface area contributed by atoms with Gasteiger partial charge in [0.05, 0.1) is 19.8 Å². The van der Waals surface area contributed by atoms with Crippen molar-refractivity contribution in [2.45, 2.75) is 65.8 Å². The lowest BCUT2D eigenvalue weighted by molar-refractivity contribution is -0.143. The first-order valence-corrected chi connectivity index (χ1v) is 12.8. The number of carbonyl (C=O) groups is 1. The molecule has 0 spiro atoms. The van der Waals surface area contributed by atoms with Crippen molar-refractivity contribution in [3.63, 3.8) is 0 Å². The Bertz CT molecular complexity index is 1140. The molecule has 0 bridgehead atoms. The topological polar surface area (TPSA) is 47.6 Å². The number of fused-ring (bicyclic) bond motifs is 1. The zero-order valence-corrected chi connectivity index (χ0v) is 22.1. The molecule has 2 aromatic rings. The van der Waals surface area contributed by atoms with Gasteiger partial charge in [-0.05, 0) is 117 Å². The van der Waals surface area contributed by atoms with Crippen LogP contribution >= 0.6 is 0 Å². The van der Waals surface area contributed by atoms with Crippen LogP contribution in [0.5, 0.6) is 5.75 Å². The van der Waals surface area contributed by atoms with E-state index in [1.807, 2.05) is 12.3 Å². The number of carbonyl (C=O) groups excluding carboxylic acids is 1. The molecule has 1 N–H and O–H groups in total. The van der Waals surface area contributed by atoms with Crippen molar-refractivity contribution in [1.82, 2.24) is 5.32 Å². The van der Waals surface area contributed by atoms with E-state index in [2.05, 4.69) is 49.5 Å². The summed E-state index contributed by atoms with van der Waals surface area (Å²) in [5.41, 5.74) is 8.27. The van der Waals surface area contributed by atoms with Crippen LogP contribution in [0.15, 0.2) is 66.2 Å². The summed E-state index contributed by atoms with van der Waals surface area (Å²) >= 11 is 0. The summed E-state index contributed by atoms with van der Waals surface area (Å²) in [5, 5.41) is 3.51. The Morgan fingerprint density at radius 3 is 2.61 bits per heavy atom. The molecular weight excluding hydrogens is 453 g/mol. The second-order valence-electron chi connectivity index (χ2n) is 9.11. The average Bonchev–Trinajstić information content (AvgIpc) is 3.28. The number of benzene rings is 2. The van der Waals surface area contributed by atoms with Crippen molar-refractivity contribution in [2.75, 3.05) is 13.7 Å². The van der Waals surface area contributed by atoms with Gasteiger partial charge in [0.2, 0.25) is 0 Å². The van der Waals surface area contributed by atoms with E-state index in [1.165, 1.54) is 39.5 Å². The van der Waals surface area contributed by atoms with E-state index in [1.54, 1.807) is 27.0 Å². The van der Waals surface area contributed by atoms with E-state index in [9.17, 15) is 9.18 Å². The van der Waals surface area contributed by atoms with E-state index in [-0.39, 0.29) is 17.8 Å². The van der Waals surface area contributed by atoms with Crippen molar-refractivity contribution in [1.29, 1.82) is 0 Å². The molecule has 0 saturated carbocycles. The highest BCUT2D eigenvalue weighted by atomic mass is 19.1. The summed E-state index contributed by atoms with van der Waals surface area (Å²) in [6.07, 6.45) is 10.3. The zero-order chi connectivity index (χ0) is 26.1. The first-order valence-electron chi connectivity index (χ1n) is 12.8. The predicted octanol–water partition coefficient (Wildman–Crippen LogP) is 7.60. The predicted molar refractivity (Wildman–Crippen MR) is 145 cm³/mol. The maximum absolute atomic E-state index is 14.3. The van der Waals surface area contributed by atoms with Crippen molar-refractivity contribution in [3.05, 3.63) is 88.4 Å². The van der Waals surface area contributed by atoms with Crippen LogP contribution in [0.1, 0.15) is 67.8 Å². The maximum Gasteiger partial charge on any atom is 0.305 e. The fourth-order valence-corrected chi connectivity index (χ4v) is 4.99. The number of allylic oxidation sites excluding steroid dienone is 5. The number of hydrogen-bond acceptors (Lipinski definition) is 4. The summed E-state index contributed by atoms with van der Waals surface area (Å²) in [5.74, 6) is 0.382. The van der Waals surface area contributed by atoms with Gasteiger partial charge < -0.3 is 14.8 Å². The van der Waals surface area contributed by atoms with Gasteiger partial charge in [0.25, 0.3) is 0 Å². The first kappa shape index (κ1) is 27.3. The minimum atomic E-state index is -0.260. The zero-order valence-electron chi connectivity index (χ0n) is 22.1. The molecule has 1 aliphatic carbocycles. The molecule has 0 saturated heterocycles. The van der Waals surface area contributed by atoms with E-state index in [4.69, 9.17) is 9.47 Å². The smallest absolute Gasteiger partial charge is 0.305 e. The molecule has 0 heterocycles. The molecule has 192 valence electrons. The number of methoxy groups -OCH3 is 1.